The monoisotopic (exact) mass is 803 g/mol. The van der Waals surface area contributed by atoms with E-state index in [0.717, 1.165) is 105 Å². The van der Waals surface area contributed by atoms with Crippen LogP contribution in [0.3, 0.4) is 0 Å². The molecular formula is C43H55N4O5S3+. The SMILES string of the molecule is CC[N+](CCCS)=c1ccc2c(C(C)(C)C)cc(/C=C/C=C3\N(CCCS)c4ccc(SO)cc4C3(C)CCCC(=O)NCCN3C(=O)C=CC3=O)oc-2c1. The maximum atomic E-state index is 12.9. The molecule has 0 fully saturated rings. The molecule has 0 saturated heterocycles. The zero-order valence-corrected chi connectivity index (χ0v) is 35.2. The molecule has 3 amide bonds. The zero-order valence-electron chi connectivity index (χ0n) is 32.6. The van der Waals surface area contributed by atoms with E-state index in [0.29, 0.717) is 12.8 Å². The highest BCUT2D eigenvalue weighted by molar-refractivity contribution is 7.93. The largest absolute Gasteiger partial charge is 0.456 e. The summed E-state index contributed by atoms with van der Waals surface area (Å²) in [7, 11) is 0. The van der Waals surface area contributed by atoms with Crippen LogP contribution >= 0.6 is 37.3 Å². The molecule has 1 aliphatic carbocycles. The molecule has 1 unspecified atom stereocenters. The van der Waals surface area contributed by atoms with Crippen molar-refractivity contribution in [2.75, 3.05) is 49.1 Å². The molecule has 9 nitrogen and oxygen atoms in total. The van der Waals surface area contributed by atoms with Gasteiger partial charge in [-0.3, -0.25) is 19.3 Å². The molecule has 3 aliphatic heterocycles. The van der Waals surface area contributed by atoms with Crippen molar-refractivity contribution in [3.8, 4) is 11.3 Å². The average molecular weight is 804 g/mol. The van der Waals surface area contributed by atoms with Gasteiger partial charge in [-0.1, -0.05) is 26.8 Å². The van der Waals surface area contributed by atoms with Gasteiger partial charge in [0.15, 0.2) is 0 Å². The number of rotatable bonds is 17. The molecular weight excluding hydrogens is 749 g/mol. The molecule has 0 saturated carbocycles. The summed E-state index contributed by atoms with van der Waals surface area (Å²) >= 11 is 9.69. The van der Waals surface area contributed by atoms with E-state index in [-0.39, 0.29) is 42.6 Å². The predicted octanol–water partition coefficient (Wildman–Crippen LogP) is 7.57. The summed E-state index contributed by atoms with van der Waals surface area (Å²) in [6.07, 6.45) is 12.2. The van der Waals surface area contributed by atoms with Gasteiger partial charge in [-0.25, -0.2) is 4.58 Å². The summed E-state index contributed by atoms with van der Waals surface area (Å²) in [5.41, 5.74) is 5.01. The van der Waals surface area contributed by atoms with Crippen molar-refractivity contribution in [1.82, 2.24) is 14.8 Å². The van der Waals surface area contributed by atoms with Crippen LogP contribution in [0.2, 0.25) is 0 Å². The summed E-state index contributed by atoms with van der Waals surface area (Å²) in [6, 6.07) is 14.7. The molecule has 1 atom stereocenters. The first-order valence-electron chi connectivity index (χ1n) is 19.1. The highest BCUT2D eigenvalue weighted by atomic mass is 32.2. The van der Waals surface area contributed by atoms with E-state index in [9.17, 15) is 18.9 Å². The van der Waals surface area contributed by atoms with Gasteiger partial charge in [-0.15, -0.1) is 0 Å². The molecule has 1 aromatic carbocycles. The van der Waals surface area contributed by atoms with Crippen LogP contribution in [0.4, 0.5) is 5.69 Å². The Morgan fingerprint density at radius 3 is 2.42 bits per heavy atom. The number of nitrogens with zero attached hydrogens (tertiary/aromatic N) is 3. The number of nitrogens with one attached hydrogen (secondary N) is 1. The smallest absolute Gasteiger partial charge is 0.253 e. The first kappa shape index (κ1) is 42.4. The molecule has 0 bridgehead atoms. The van der Waals surface area contributed by atoms with Gasteiger partial charge >= 0.3 is 0 Å². The summed E-state index contributed by atoms with van der Waals surface area (Å²) in [5, 5.41) is 4.00. The molecule has 0 radical (unpaired) electrons. The molecule has 294 valence electrons. The van der Waals surface area contributed by atoms with Gasteiger partial charge in [0.05, 0.1) is 6.07 Å². The summed E-state index contributed by atoms with van der Waals surface area (Å²) in [6.45, 7) is 14.0. The number of benzene rings is 2. The molecule has 3 heterocycles. The van der Waals surface area contributed by atoms with E-state index in [1.165, 1.54) is 17.7 Å². The average Bonchev–Trinajstić information content (AvgIpc) is 3.60. The number of imide groups is 1. The van der Waals surface area contributed by atoms with Crippen LogP contribution in [-0.2, 0) is 25.2 Å². The minimum absolute atomic E-state index is 0.113. The lowest BCUT2D eigenvalue weighted by Crippen LogP contribution is -2.38. The third kappa shape index (κ3) is 10.0. The Morgan fingerprint density at radius 2 is 1.75 bits per heavy atom. The number of hydrogen-bond acceptors (Lipinski definition) is 9. The molecule has 2 N–H and O–H groups in total. The van der Waals surface area contributed by atoms with Crippen LogP contribution in [0.5, 0.6) is 0 Å². The number of amides is 3. The number of anilines is 1. The van der Waals surface area contributed by atoms with Gasteiger partial charge in [-0.05, 0) is 104 Å². The third-order valence-corrected chi connectivity index (χ3v) is 11.5. The molecule has 0 aromatic heterocycles. The Hall–Kier alpha value is -3.71. The Bertz CT molecular complexity index is 2000. The van der Waals surface area contributed by atoms with Crippen LogP contribution < -0.4 is 20.1 Å². The predicted molar refractivity (Wildman–Crippen MR) is 231 cm³/mol. The van der Waals surface area contributed by atoms with Crippen LogP contribution in [0.25, 0.3) is 17.4 Å². The van der Waals surface area contributed by atoms with Crippen molar-refractivity contribution in [3.05, 3.63) is 94.7 Å². The molecule has 1 aromatic rings. The van der Waals surface area contributed by atoms with Gasteiger partial charge < -0.3 is 19.2 Å². The van der Waals surface area contributed by atoms with Crippen molar-refractivity contribution in [2.45, 2.75) is 82.4 Å². The first-order valence-corrected chi connectivity index (χ1v) is 21.2. The normalized spacial score (nSPS) is 18.4. The summed E-state index contributed by atoms with van der Waals surface area (Å²) < 4.78 is 19.0. The lowest BCUT2D eigenvalue weighted by Gasteiger charge is -2.30. The number of fused-ring (bicyclic) bond motifs is 2. The number of thiol groups is 2. The number of hydrogen-bond donors (Lipinski definition) is 4. The van der Waals surface area contributed by atoms with Crippen molar-refractivity contribution in [1.29, 1.82) is 0 Å². The Balaban J connectivity index is 1.46. The lowest BCUT2D eigenvalue weighted by atomic mass is 9.77. The van der Waals surface area contributed by atoms with Crippen LogP contribution in [0, 0.1) is 0 Å². The fourth-order valence-corrected chi connectivity index (χ4v) is 8.11. The van der Waals surface area contributed by atoms with Crippen LogP contribution in [0.15, 0.2) is 81.8 Å². The first-order chi connectivity index (χ1) is 26.3. The topological polar surface area (TPSA) is 106 Å². The van der Waals surface area contributed by atoms with Gasteiger partial charge in [0, 0.05) is 90.0 Å². The molecule has 4 aliphatic rings. The summed E-state index contributed by atoms with van der Waals surface area (Å²) in [5.74, 6) is 2.32. The molecule has 12 heteroatoms. The minimum atomic E-state index is -0.467. The highest BCUT2D eigenvalue weighted by Crippen LogP contribution is 2.51. The van der Waals surface area contributed by atoms with E-state index < -0.39 is 5.41 Å². The maximum absolute atomic E-state index is 12.9. The number of carbonyl (C=O) groups excluding carboxylic acids is 3. The van der Waals surface area contributed by atoms with Gasteiger partial charge in [-0.2, -0.15) is 25.3 Å². The van der Waals surface area contributed by atoms with Crippen molar-refractivity contribution in [2.24, 2.45) is 0 Å². The standard InChI is InChI=1S/C43H54N4O5S3/c1-6-45(22-9-25-53)30-14-16-33-34(42(2,3)4)28-31(52-37(33)27-30)11-7-12-38-43(5,35-29-32(55-51)15-17-36(35)46(38)23-10-26-54)20-8-13-39(48)44-21-24-47-40(49)18-19-41(47)50/h7,11-12,14-19,27-29H,6,8-10,13,20-26H2,1-5H3,(H3-,44,48,51,53,54)/p+1. The van der Waals surface area contributed by atoms with Gasteiger partial charge in [0.1, 0.15) is 24.6 Å². The highest BCUT2D eigenvalue weighted by Gasteiger charge is 2.43. The quantitative estimate of drug-likeness (QED) is 0.0483. The van der Waals surface area contributed by atoms with E-state index >= 15 is 0 Å². The van der Waals surface area contributed by atoms with E-state index in [1.807, 2.05) is 12.1 Å². The fourth-order valence-electron chi connectivity index (χ4n) is 7.53. The Morgan fingerprint density at radius 1 is 1.00 bits per heavy atom. The summed E-state index contributed by atoms with van der Waals surface area (Å²) in [4.78, 5) is 40.9. The third-order valence-electron chi connectivity index (χ3n) is 10.4. The molecule has 5 rings (SSSR count). The fraction of sp³-hybridized carbons (Fsp3) is 0.442. The second-order valence-corrected chi connectivity index (χ2v) is 16.8. The van der Waals surface area contributed by atoms with Crippen molar-refractivity contribution >= 4 is 66.8 Å². The molecule has 55 heavy (non-hydrogen) atoms. The van der Waals surface area contributed by atoms with Crippen molar-refractivity contribution in [3.63, 3.8) is 0 Å². The van der Waals surface area contributed by atoms with E-state index in [2.05, 4.69) is 123 Å². The van der Waals surface area contributed by atoms with Crippen LogP contribution in [-0.4, -0.2) is 71.4 Å². The lowest BCUT2D eigenvalue weighted by molar-refractivity contribution is -0.137. The van der Waals surface area contributed by atoms with E-state index in [1.54, 1.807) is 0 Å². The van der Waals surface area contributed by atoms with Gasteiger partial charge in [0.2, 0.25) is 11.3 Å². The Kier molecular flexibility index (Phi) is 14.6. The molecule has 0 spiro atoms. The van der Waals surface area contributed by atoms with Crippen LogP contribution in [0.1, 0.15) is 83.6 Å². The maximum Gasteiger partial charge on any atom is 0.253 e. The number of allylic oxidation sites excluding steroid dienone is 3. The minimum Gasteiger partial charge on any atom is -0.456 e. The second kappa shape index (κ2) is 19.0. The Labute approximate surface area is 341 Å². The zero-order chi connectivity index (χ0) is 39.8. The van der Waals surface area contributed by atoms with E-state index in [4.69, 9.17) is 4.42 Å². The van der Waals surface area contributed by atoms with Gasteiger partial charge in [0.25, 0.3) is 11.8 Å². The number of carbonyl (C=O) groups is 3. The second-order valence-electron chi connectivity index (χ2n) is 15.3. The van der Waals surface area contributed by atoms with Crippen molar-refractivity contribution < 1.29 is 23.4 Å².